The molecular weight excluding hydrogens is 671 g/mol. The summed E-state index contributed by atoms with van der Waals surface area (Å²) in [4.78, 5) is 16.7. The zero-order valence-electron chi connectivity index (χ0n) is 28.8. The van der Waals surface area contributed by atoms with Gasteiger partial charge in [-0.2, -0.15) is 15.1 Å². The molecule has 1 N–H and O–H groups in total. The van der Waals surface area contributed by atoms with E-state index in [4.69, 9.17) is 31.0 Å². The molecule has 0 radical (unpaired) electrons. The normalized spacial score (nSPS) is 26.2. The van der Waals surface area contributed by atoms with Crippen molar-refractivity contribution in [1.29, 1.82) is 0 Å². The number of fused-ring (bicyclic) bond motifs is 7. The van der Waals surface area contributed by atoms with Gasteiger partial charge in [0.05, 0.1) is 29.7 Å². The number of hydrogen-bond acceptors (Lipinski definition) is 9. The van der Waals surface area contributed by atoms with E-state index in [1.54, 1.807) is 11.7 Å². The highest BCUT2D eigenvalue weighted by Gasteiger charge is 2.50. The molecule has 10 nitrogen and oxygen atoms in total. The molecule has 2 unspecified atom stereocenters. The lowest BCUT2D eigenvalue weighted by molar-refractivity contribution is -0.0875. The Morgan fingerprint density at radius 2 is 1.92 bits per heavy atom. The van der Waals surface area contributed by atoms with Crippen LogP contribution in [0.25, 0.3) is 43.7 Å². The van der Waals surface area contributed by atoms with E-state index in [1.807, 2.05) is 6.20 Å². The zero-order valence-corrected chi connectivity index (χ0v) is 28.8. The number of phenolic OH excluding ortho intramolecular Hbond substituents is 1. The molecule has 0 aliphatic carbocycles. The van der Waals surface area contributed by atoms with Gasteiger partial charge in [0.15, 0.2) is 5.82 Å². The highest BCUT2D eigenvalue weighted by Crippen LogP contribution is 2.47. The Morgan fingerprint density at radius 3 is 2.69 bits per heavy atom. The van der Waals surface area contributed by atoms with Crippen molar-refractivity contribution < 1.29 is 27.8 Å². The number of piperazine rings is 1. The van der Waals surface area contributed by atoms with Crippen LogP contribution in [0.15, 0.2) is 30.5 Å². The first-order valence-corrected chi connectivity index (χ1v) is 18.1. The maximum atomic E-state index is 17.6. The van der Waals surface area contributed by atoms with Crippen LogP contribution in [-0.4, -0.2) is 111 Å². The quantitative estimate of drug-likeness (QED) is 0.230. The molecule has 6 aliphatic rings. The summed E-state index contributed by atoms with van der Waals surface area (Å²) in [5.74, 6) is 2.05. The number of phenols is 1. The van der Waals surface area contributed by atoms with E-state index >= 15 is 8.78 Å². The molecule has 0 spiro atoms. The summed E-state index contributed by atoms with van der Waals surface area (Å²) in [5.41, 5.74) is 0.0569. The molecule has 3 aromatic carbocycles. The van der Waals surface area contributed by atoms with Crippen LogP contribution in [-0.2, 0) is 11.8 Å². The van der Waals surface area contributed by atoms with Gasteiger partial charge in [0.25, 0.3) is 0 Å². The third kappa shape index (κ3) is 4.80. The number of nitrogens with zero attached hydrogens (tertiary/aromatic N) is 7. The first kappa shape index (κ1) is 32.0. The van der Waals surface area contributed by atoms with Gasteiger partial charge < -0.3 is 19.5 Å². The topological polar surface area (TPSA) is 92.0 Å². The summed E-state index contributed by atoms with van der Waals surface area (Å²) in [7, 11) is 1.75. The number of anilines is 1. The predicted molar refractivity (Wildman–Crippen MR) is 190 cm³/mol. The first-order chi connectivity index (χ1) is 25.2. The van der Waals surface area contributed by atoms with Gasteiger partial charge in [0.1, 0.15) is 41.2 Å². The second kappa shape index (κ2) is 11.7. The third-order valence-electron chi connectivity index (χ3n) is 12.1. The van der Waals surface area contributed by atoms with Gasteiger partial charge in [-0.05, 0) is 55.0 Å². The SMILES string of the molecule is C#Cc1c(F)ccc2cc(O)cc(-c3c(F)c4nc(OC[C@@]56CCCN5C[C@H](F)C6)nc(N5CC6CC(C5)N6CC5COC5)c4c4cn(C)nc34)c12. The van der Waals surface area contributed by atoms with Crippen molar-refractivity contribution in [3.05, 3.63) is 47.7 Å². The molecule has 13 heteroatoms. The molecule has 268 valence electrons. The van der Waals surface area contributed by atoms with E-state index in [0.29, 0.717) is 71.5 Å². The molecule has 6 saturated heterocycles. The monoisotopic (exact) mass is 709 g/mol. The number of halogens is 3. The van der Waals surface area contributed by atoms with Gasteiger partial charge in [-0.3, -0.25) is 14.5 Å². The smallest absolute Gasteiger partial charge is 0.319 e. The Kier molecular flexibility index (Phi) is 7.20. The summed E-state index contributed by atoms with van der Waals surface area (Å²) in [6.07, 6.45) is 9.91. The number of aromatic nitrogens is 4. The molecule has 6 aliphatic heterocycles. The molecule has 8 heterocycles. The van der Waals surface area contributed by atoms with Crippen LogP contribution in [0.3, 0.4) is 0 Å². The lowest BCUT2D eigenvalue weighted by Gasteiger charge is -2.58. The van der Waals surface area contributed by atoms with Crippen molar-refractivity contribution in [3.8, 4) is 35.2 Å². The van der Waals surface area contributed by atoms with E-state index in [-0.39, 0.29) is 46.0 Å². The molecule has 6 fully saturated rings. The maximum Gasteiger partial charge on any atom is 0.319 e. The number of alkyl halides is 1. The van der Waals surface area contributed by atoms with Crippen molar-refractivity contribution in [3.63, 3.8) is 0 Å². The van der Waals surface area contributed by atoms with Crippen LogP contribution in [0.1, 0.15) is 31.2 Å². The molecule has 2 bridgehead atoms. The van der Waals surface area contributed by atoms with E-state index < -0.39 is 23.3 Å². The number of piperidine rings is 1. The number of aryl methyl sites for hydroxylation is 1. The van der Waals surface area contributed by atoms with Gasteiger partial charge in [-0.1, -0.05) is 12.0 Å². The van der Waals surface area contributed by atoms with Crippen LogP contribution in [0.5, 0.6) is 11.8 Å². The van der Waals surface area contributed by atoms with E-state index in [2.05, 4.69) is 20.6 Å². The molecule has 0 amide bonds. The van der Waals surface area contributed by atoms with E-state index in [1.165, 1.54) is 24.3 Å². The number of hydrogen-bond donors (Lipinski definition) is 1. The summed E-state index contributed by atoms with van der Waals surface area (Å²) >= 11 is 0. The van der Waals surface area contributed by atoms with Crippen molar-refractivity contribution in [1.82, 2.24) is 29.5 Å². The van der Waals surface area contributed by atoms with Gasteiger partial charge in [0.2, 0.25) is 0 Å². The zero-order chi connectivity index (χ0) is 35.5. The fourth-order valence-electron chi connectivity index (χ4n) is 9.71. The number of ether oxygens (including phenoxy) is 2. The molecule has 2 aromatic heterocycles. The Bertz CT molecular complexity index is 2330. The van der Waals surface area contributed by atoms with Crippen LogP contribution in [0, 0.1) is 29.9 Å². The molecule has 0 saturated carbocycles. The minimum atomic E-state index is -0.930. The van der Waals surface area contributed by atoms with Crippen molar-refractivity contribution in [2.24, 2.45) is 13.0 Å². The standard InChI is InChI=1S/C39H38F3N7O3/c1-3-27-30(41)6-5-22-9-26(50)11-28(31(22)27)32-34(42)36-33(29-17-46(2)45-35(29)32)37(47-15-24-10-25(16-47)49(24)13-21-18-51-19-21)44-38(43-36)52-20-39-7-4-8-48(39)14-23(40)12-39/h1,5-6,9,11,17,21,23-25,50H,4,7-8,10,12-16,18-20H2,2H3/t23-,24?,25?,39+/m1/s1. The summed E-state index contributed by atoms with van der Waals surface area (Å²) in [5, 5.41) is 17.4. The van der Waals surface area contributed by atoms with Crippen LogP contribution >= 0.6 is 0 Å². The Labute approximate surface area is 298 Å². The Hall–Kier alpha value is -4.64. The van der Waals surface area contributed by atoms with E-state index in [0.717, 1.165) is 45.6 Å². The highest BCUT2D eigenvalue weighted by atomic mass is 19.1. The number of rotatable bonds is 7. The summed E-state index contributed by atoms with van der Waals surface area (Å²) in [6, 6.07) is 6.27. The molecule has 52 heavy (non-hydrogen) atoms. The fourth-order valence-corrected chi connectivity index (χ4v) is 9.71. The minimum Gasteiger partial charge on any atom is -0.508 e. The van der Waals surface area contributed by atoms with Crippen LogP contribution < -0.4 is 9.64 Å². The molecule has 4 atom stereocenters. The Balaban J connectivity index is 1.16. The van der Waals surface area contributed by atoms with Crippen LogP contribution in [0.4, 0.5) is 19.0 Å². The molecular formula is C39H38F3N7O3. The largest absolute Gasteiger partial charge is 0.508 e. The molecule has 5 aromatic rings. The number of aromatic hydroxyl groups is 1. The van der Waals surface area contributed by atoms with Crippen molar-refractivity contribution >= 4 is 38.4 Å². The second-order valence-electron chi connectivity index (χ2n) is 15.4. The van der Waals surface area contributed by atoms with E-state index in [9.17, 15) is 9.50 Å². The van der Waals surface area contributed by atoms with Gasteiger partial charge in [-0.15, -0.1) is 6.42 Å². The average Bonchev–Trinajstić information content (AvgIpc) is 3.77. The fraction of sp³-hybridized carbons (Fsp3) is 0.462. The number of terminal acetylenes is 1. The van der Waals surface area contributed by atoms with Gasteiger partial charge >= 0.3 is 6.01 Å². The van der Waals surface area contributed by atoms with Crippen LogP contribution in [0.2, 0.25) is 0 Å². The van der Waals surface area contributed by atoms with Crippen molar-refractivity contribution in [2.45, 2.75) is 49.5 Å². The second-order valence-corrected chi connectivity index (χ2v) is 15.4. The first-order valence-electron chi connectivity index (χ1n) is 18.1. The lowest BCUT2D eigenvalue weighted by Crippen LogP contribution is -2.70. The average molecular weight is 710 g/mol. The Morgan fingerprint density at radius 1 is 1.10 bits per heavy atom. The minimum absolute atomic E-state index is 0.0120. The molecule has 11 rings (SSSR count). The summed E-state index contributed by atoms with van der Waals surface area (Å²) < 4.78 is 60.9. The number of benzene rings is 3. The summed E-state index contributed by atoms with van der Waals surface area (Å²) in [6.45, 7) is 5.36. The third-order valence-corrected chi connectivity index (χ3v) is 12.1. The maximum absolute atomic E-state index is 17.6. The van der Waals surface area contributed by atoms with Gasteiger partial charge in [-0.25, -0.2) is 13.2 Å². The van der Waals surface area contributed by atoms with Crippen molar-refractivity contribution in [2.75, 3.05) is 57.4 Å². The lowest BCUT2D eigenvalue weighted by atomic mass is 9.85. The van der Waals surface area contributed by atoms with Gasteiger partial charge in [0, 0.05) is 80.2 Å². The predicted octanol–water partition coefficient (Wildman–Crippen LogP) is 5.17. The highest BCUT2D eigenvalue weighted by molar-refractivity contribution is 6.18.